The maximum atomic E-state index is 11.5. The van der Waals surface area contributed by atoms with Crippen molar-refractivity contribution in [2.24, 2.45) is 5.92 Å². The van der Waals surface area contributed by atoms with E-state index in [2.05, 4.69) is 10.6 Å². The van der Waals surface area contributed by atoms with Gasteiger partial charge in [0, 0.05) is 26.6 Å². The third kappa shape index (κ3) is 4.78. The minimum Gasteiger partial charge on any atom is -0.347 e. The molecule has 0 spiro atoms. The number of carbonyl (C=O) groups excluding carboxylic acids is 2. The number of carbonyl (C=O) groups is 2. The second kappa shape index (κ2) is 6.40. The van der Waals surface area contributed by atoms with E-state index in [1.807, 2.05) is 6.92 Å². The van der Waals surface area contributed by atoms with Gasteiger partial charge in [0.1, 0.15) is 6.04 Å². The number of likely N-dealkylation sites (N-methyl/N-ethyl adjacent to an activating group) is 1. The van der Waals surface area contributed by atoms with Gasteiger partial charge in [-0.15, -0.1) is 0 Å². The zero-order valence-corrected chi connectivity index (χ0v) is 10.1. The third-order valence-corrected chi connectivity index (χ3v) is 2.13. The van der Waals surface area contributed by atoms with Crippen molar-refractivity contribution >= 4 is 11.8 Å². The van der Waals surface area contributed by atoms with Crippen molar-refractivity contribution in [1.82, 2.24) is 15.5 Å². The lowest BCUT2D eigenvalue weighted by molar-refractivity contribution is -0.134. The Bertz CT molecular complexity index is 229. The van der Waals surface area contributed by atoms with E-state index >= 15 is 0 Å². The van der Waals surface area contributed by atoms with Gasteiger partial charge in [0.25, 0.3) is 0 Å². The van der Waals surface area contributed by atoms with Crippen LogP contribution in [0.15, 0.2) is 0 Å². The average molecular weight is 215 g/mol. The predicted octanol–water partition coefficient (Wildman–Crippen LogP) is -0.565. The van der Waals surface area contributed by atoms with Crippen molar-refractivity contribution in [2.45, 2.75) is 19.9 Å². The first-order valence-electron chi connectivity index (χ1n) is 5.06. The maximum absolute atomic E-state index is 11.5. The molecule has 0 saturated heterocycles. The molecule has 2 atom stereocenters. The van der Waals surface area contributed by atoms with E-state index in [9.17, 15) is 9.59 Å². The van der Waals surface area contributed by atoms with Crippen molar-refractivity contribution in [3.8, 4) is 0 Å². The highest BCUT2D eigenvalue weighted by atomic mass is 16.2. The Morgan fingerprint density at radius 2 is 1.80 bits per heavy atom. The Balaban J connectivity index is 4.12. The van der Waals surface area contributed by atoms with Crippen LogP contribution in [0.4, 0.5) is 0 Å². The first kappa shape index (κ1) is 13.9. The van der Waals surface area contributed by atoms with Crippen LogP contribution in [0.3, 0.4) is 0 Å². The highest BCUT2D eigenvalue weighted by molar-refractivity contribution is 5.87. The lowest BCUT2D eigenvalue weighted by atomic mass is 10.1. The summed E-state index contributed by atoms with van der Waals surface area (Å²) in [5.74, 6) is -0.334. The molecule has 0 radical (unpaired) electrons. The Morgan fingerprint density at radius 3 is 2.20 bits per heavy atom. The zero-order chi connectivity index (χ0) is 12.0. The van der Waals surface area contributed by atoms with Crippen LogP contribution in [-0.2, 0) is 9.59 Å². The van der Waals surface area contributed by atoms with Crippen LogP contribution >= 0.6 is 0 Å². The first-order chi connectivity index (χ1) is 6.90. The maximum Gasteiger partial charge on any atom is 0.244 e. The molecule has 5 heteroatoms. The van der Waals surface area contributed by atoms with Crippen molar-refractivity contribution in [3.63, 3.8) is 0 Å². The number of amides is 2. The minimum atomic E-state index is -0.466. The third-order valence-electron chi connectivity index (χ3n) is 2.13. The molecule has 0 aromatic rings. The normalized spacial score (nSPS) is 14.2. The van der Waals surface area contributed by atoms with E-state index in [4.69, 9.17) is 0 Å². The van der Waals surface area contributed by atoms with Crippen molar-refractivity contribution in [1.29, 1.82) is 0 Å². The van der Waals surface area contributed by atoms with E-state index in [1.165, 1.54) is 4.90 Å². The summed E-state index contributed by atoms with van der Waals surface area (Å²) < 4.78 is 0. The zero-order valence-electron chi connectivity index (χ0n) is 10.1. The van der Waals surface area contributed by atoms with Gasteiger partial charge in [-0.1, -0.05) is 6.92 Å². The molecule has 2 unspecified atom stereocenters. The quantitative estimate of drug-likeness (QED) is 0.646. The topological polar surface area (TPSA) is 61.4 Å². The van der Waals surface area contributed by atoms with Crippen molar-refractivity contribution in [2.75, 3.05) is 27.7 Å². The molecule has 0 bridgehead atoms. The van der Waals surface area contributed by atoms with Gasteiger partial charge >= 0.3 is 0 Å². The highest BCUT2D eigenvalue weighted by Crippen LogP contribution is 1.95. The Morgan fingerprint density at radius 1 is 1.27 bits per heavy atom. The molecule has 0 aliphatic rings. The van der Waals surface area contributed by atoms with Gasteiger partial charge in [-0.25, -0.2) is 0 Å². The molecule has 0 aromatic heterocycles. The highest BCUT2D eigenvalue weighted by Gasteiger charge is 2.19. The first-order valence-corrected chi connectivity index (χ1v) is 5.06. The SMILES string of the molecule is CNCC(C)C(=O)NC(C)C(=O)N(C)C. The summed E-state index contributed by atoms with van der Waals surface area (Å²) in [6, 6.07) is -0.466. The molecule has 0 aromatic carbocycles. The van der Waals surface area contributed by atoms with Crippen LogP contribution < -0.4 is 10.6 Å². The molecule has 0 rings (SSSR count). The summed E-state index contributed by atoms with van der Waals surface area (Å²) in [6.45, 7) is 4.11. The summed E-state index contributed by atoms with van der Waals surface area (Å²) in [5.41, 5.74) is 0. The second-order valence-corrected chi connectivity index (χ2v) is 3.92. The number of nitrogens with one attached hydrogen (secondary N) is 2. The van der Waals surface area contributed by atoms with Gasteiger partial charge in [-0.3, -0.25) is 9.59 Å². The fourth-order valence-corrected chi connectivity index (χ4v) is 1.20. The lowest BCUT2D eigenvalue weighted by Crippen LogP contribution is -2.47. The molecule has 0 aliphatic heterocycles. The van der Waals surface area contributed by atoms with Gasteiger partial charge in [-0.2, -0.15) is 0 Å². The van der Waals surface area contributed by atoms with Crippen LogP contribution in [-0.4, -0.2) is 50.4 Å². The Hall–Kier alpha value is -1.10. The number of hydrogen-bond donors (Lipinski definition) is 2. The van der Waals surface area contributed by atoms with E-state index < -0.39 is 6.04 Å². The van der Waals surface area contributed by atoms with Crippen LogP contribution in [0, 0.1) is 5.92 Å². The van der Waals surface area contributed by atoms with Crippen LogP contribution in [0.25, 0.3) is 0 Å². The molecule has 0 heterocycles. The van der Waals surface area contributed by atoms with E-state index in [0.29, 0.717) is 6.54 Å². The van der Waals surface area contributed by atoms with Crippen LogP contribution in [0.1, 0.15) is 13.8 Å². The molecule has 0 fully saturated rings. The molecule has 88 valence electrons. The molecule has 0 saturated carbocycles. The van der Waals surface area contributed by atoms with E-state index in [1.54, 1.807) is 28.1 Å². The van der Waals surface area contributed by atoms with E-state index in [-0.39, 0.29) is 17.7 Å². The summed E-state index contributed by atoms with van der Waals surface area (Å²) in [4.78, 5) is 24.5. The number of nitrogens with zero attached hydrogens (tertiary/aromatic N) is 1. The summed E-state index contributed by atoms with van der Waals surface area (Å²) >= 11 is 0. The molecular weight excluding hydrogens is 194 g/mol. The standard InChI is InChI=1S/C10H21N3O2/c1-7(6-11-3)9(14)12-8(2)10(15)13(4)5/h7-8,11H,6H2,1-5H3,(H,12,14). The minimum absolute atomic E-state index is 0.0972. The number of rotatable bonds is 5. The predicted molar refractivity (Wildman–Crippen MR) is 59.4 cm³/mol. The molecule has 5 nitrogen and oxygen atoms in total. The Kier molecular flexibility index (Phi) is 5.93. The van der Waals surface area contributed by atoms with Crippen molar-refractivity contribution < 1.29 is 9.59 Å². The summed E-state index contributed by atoms with van der Waals surface area (Å²) in [7, 11) is 5.13. The summed E-state index contributed by atoms with van der Waals surface area (Å²) in [6.07, 6.45) is 0. The monoisotopic (exact) mass is 215 g/mol. The molecule has 2 N–H and O–H groups in total. The van der Waals surface area contributed by atoms with Gasteiger partial charge in [-0.05, 0) is 14.0 Å². The largest absolute Gasteiger partial charge is 0.347 e. The van der Waals surface area contributed by atoms with Gasteiger partial charge in [0.2, 0.25) is 11.8 Å². The smallest absolute Gasteiger partial charge is 0.244 e. The van der Waals surface area contributed by atoms with Crippen LogP contribution in [0.5, 0.6) is 0 Å². The second-order valence-electron chi connectivity index (χ2n) is 3.92. The fourth-order valence-electron chi connectivity index (χ4n) is 1.20. The van der Waals surface area contributed by atoms with Gasteiger partial charge in [0.15, 0.2) is 0 Å². The number of hydrogen-bond acceptors (Lipinski definition) is 3. The van der Waals surface area contributed by atoms with Crippen molar-refractivity contribution in [3.05, 3.63) is 0 Å². The lowest BCUT2D eigenvalue weighted by Gasteiger charge is -2.20. The Labute approximate surface area is 91.2 Å². The fraction of sp³-hybridized carbons (Fsp3) is 0.800. The molecule has 15 heavy (non-hydrogen) atoms. The van der Waals surface area contributed by atoms with Crippen LogP contribution in [0.2, 0.25) is 0 Å². The molecular formula is C10H21N3O2. The van der Waals surface area contributed by atoms with E-state index in [0.717, 1.165) is 0 Å². The summed E-state index contributed by atoms with van der Waals surface area (Å²) in [5, 5.41) is 5.59. The van der Waals surface area contributed by atoms with Gasteiger partial charge < -0.3 is 15.5 Å². The molecule has 2 amide bonds. The molecule has 0 aliphatic carbocycles. The average Bonchev–Trinajstić information content (AvgIpc) is 2.16. The van der Waals surface area contributed by atoms with Gasteiger partial charge in [0.05, 0.1) is 0 Å².